The summed E-state index contributed by atoms with van der Waals surface area (Å²) in [5, 5.41) is 3.55. The summed E-state index contributed by atoms with van der Waals surface area (Å²) >= 11 is 0. The van der Waals surface area contributed by atoms with E-state index in [-0.39, 0.29) is 6.10 Å². The van der Waals surface area contributed by atoms with Crippen molar-refractivity contribution in [3.63, 3.8) is 0 Å². The van der Waals surface area contributed by atoms with Crippen LogP contribution in [0.3, 0.4) is 0 Å². The molecule has 0 saturated carbocycles. The molecule has 0 fully saturated rings. The van der Waals surface area contributed by atoms with Gasteiger partial charge in [-0.05, 0) is 35.9 Å². The minimum absolute atomic E-state index is 0.231. The van der Waals surface area contributed by atoms with Crippen molar-refractivity contribution in [2.24, 2.45) is 11.8 Å². The standard InChI is InChI=1S/C16H25NO/c1-12(2)13(3)10-17-11-16-15-7-5-4-6-14(15)8-9-18-16/h4-7,12-13,16-17H,8-11H2,1-3H3. The van der Waals surface area contributed by atoms with Crippen LogP contribution in [0.15, 0.2) is 24.3 Å². The van der Waals surface area contributed by atoms with E-state index in [0.717, 1.165) is 32.0 Å². The molecular formula is C16H25NO. The average molecular weight is 247 g/mol. The molecule has 1 aliphatic heterocycles. The second kappa shape index (κ2) is 6.35. The van der Waals surface area contributed by atoms with Gasteiger partial charge in [-0.3, -0.25) is 0 Å². The zero-order valence-corrected chi connectivity index (χ0v) is 11.8. The van der Waals surface area contributed by atoms with Gasteiger partial charge in [-0.25, -0.2) is 0 Å². The van der Waals surface area contributed by atoms with Gasteiger partial charge in [0.25, 0.3) is 0 Å². The first-order chi connectivity index (χ1) is 8.68. The Kier molecular flexibility index (Phi) is 4.79. The molecule has 0 bridgehead atoms. The molecule has 100 valence electrons. The average Bonchev–Trinajstić information content (AvgIpc) is 2.38. The van der Waals surface area contributed by atoms with Crippen LogP contribution in [0, 0.1) is 11.8 Å². The summed E-state index contributed by atoms with van der Waals surface area (Å²) in [6.07, 6.45) is 1.28. The Hall–Kier alpha value is -0.860. The predicted molar refractivity (Wildman–Crippen MR) is 75.7 cm³/mol. The lowest BCUT2D eigenvalue weighted by Gasteiger charge is -2.27. The molecule has 2 atom stereocenters. The Morgan fingerprint density at radius 1 is 1.28 bits per heavy atom. The van der Waals surface area contributed by atoms with E-state index in [9.17, 15) is 0 Å². The highest BCUT2D eigenvalue weighted by Gasteiger charge is 2.20. The number of ether oxygens (including phenoxy) is 1. The molecule has 0 saturated heterocycles. The van der Waals surface area contributed by atoms with Crippen LogP contribution in [-0.4, -0.2) is 19.7 Å². The maximum Gasteiger partial charge on any atom is 0.0952 e. The zero-order chi connectivity index (χ0) is 13.0. The van der Waals surface area contributed by atoms with E-state index in [1.807, 2.05) is 0 Å². The Morgan fingerprint density at radius 3 is 2.83 bits per heavy atom. The summed E-state index contributed by atoms with van der Waals surface area (Å²) in [6, 6.07) is 8.65. The summed E-state index contributed by atoms with van der Waals surface area (Å²) in [5.41, 5.74) is 2.82. The molecule has 0 aromatic heterocycles. The van der Waals surface area contributed by atoms with Crippen molar-refractivity contribution in [3.05, 3.63) is 35.4 Å². The van der Waals surface area contributed by atoms with Crippen LogP contribution >= 0.6 is 0 Å². The van der Waals surface area contributed by atoms with Crippen molar-refractivity contribution in [2.45, 2.75) is 33.3 Å². The van der Waals surface area contributed by atoms with E-state index in [2.05, 4.69) is 50.4 Å². The lowest BCUT2D eigenvalue weighted by Crippen LogP contribution is -2.31. The van der Waals surface area contributed by atoms with Gasteiger partial charge in [0, 0.05) is 6.54 Å². The molecule has 2 rings (SSSR count). The van der Waals surface area contributed by atoms with Gasteiger partial charge < -0.3 is 10.1 Å². The largest absolute Gasteiger partial charge is 0.372 e. The molecule has 2 unspecified atom stereocenters. The lowest BCUT2D eigenvalue weighted by atomic mass is 9.96. The number of fused-ring (bicyclic) bond motifs is 1. The summed E-state index contributed by atoms with van der Waals surface area (Å²) in [4.78, 5) is 0. The summed E-state index contributed by atoms with van der Waals surface area (Å²) in [5.74, 6) is 1.45. The Morgan fingerprint density at radius 2 is 2.06 bits per heavy atom. The van der Waals surface area contributed by atoms with Gasteiger partial charge in [-0.2, -0.15) is 0 Å². The Bertz CT molecular complexity index is 375. The third-order valence-electron chi connectivity index (χ3n) is 4.03. The maximum absolute atomic E-state index is 5.88. The summed E-state index contributed by atoms with van der Waals surface area (Å²) < 4.78 is 5.88. The highest BCUT2D eigenvalue weighted by Crippen LogP contribution is 2.26. The van der Waals surface area contributed by atoms with Crippen molar-refractivity contribution in [1.29, 1.82) is 0 Å². The normalized spacial score (nSPS) is 20.8. The van der Waals surface area contributed by atoms with Crippen molar-refractivity contribution < 1.29 is 4.74 Å². The molecule has 0 spiro atoms. The highest BCUT2D eigenvalue weighted by molar-refractivity contribution is 5.31. The molecule has 0 amide bonds. The number of hydrogen-bond donors (Lipinski definition) is 1. The van der Waals surface area contributed by atoms with Crippen molar-refractivity contribution in [2.75, 3.05) is 19.7 Å². The maximum atomic E-state index is 5.88. The van der Waals surface area contributed by atoms with Gasteiger partial charge in [-0.1, -0.05) is 45.0 Å². The van der Waals surface area contributed by atoms with Crippen LogP contribution in [0.1, 0.15) is 38.0 Å². The zero-order valence-electron chi connectivity index (χ0n) is 11.8. The lowest BCUT2D eigenvalue weighted by molar-refractivity contribution is 0.0418. The Labute approximate surface area is 111 Å². The molecule has 18 heavy (non-hydrogen) atoms. The van der Waals surface area contributed by atoms with Gasteiger partial charge in [0.1, 0.15) is 0 Å². The molecular weight excluding hydrogens is 222 g/mol. The van der Waals surface area contributed by atoms with Crippen LogP contribution in [0.4, 0.5) is 0 Å². The second-order valence-electron chi connectivity index (χ2n) is 5.69. The monoisotopic (exact) mass is 247 g/mol. The molecule has 0 radical (unpaired) electrons. The van der Waals surface area contributed by atoms with Crippen LogP contribution in [-0.2, 0) is 11.2 Å². The second-order valence-corrected chi connectivity index (χ2v) is 5.69. The van der Waals surface area contributed by atoms with Crippen molar-refractivity contribution in [3.8, 4) is 0 Å². The van der Waals surface area contributed by atoms with E-state index < -0.39 is 0 Å². The number of nitrogens with one attached hydrogen (secondary N) is 1. The van der Waals surface area contributed by atoms with Gasteiger partial charge in [-0.15, -0.1) is 0 Å². The minimum Gasteiger partial charge on any atom is -0.372 e. The van der Waals surface area contributed by atoms with Gasteiger partial charge in [0.05, 0.1) is 12.7 Å². The van der Waals surface area contributed by atoms with Gasteiger partial charge in [0.2, 0.25) is 0 Å². The fourth-order valence-corrected chi connectivity index (χ4v) is 2.32. The van der Waals surface area contributed by atoms with Crippen LogP contribution in [0.2, 0.25) is 0 Å². The molecule has 2 nitrogen and oxygen atoms in total. The number of benzene rings is 1. The fourth-order valence-electron chi connectivity index (χ4n) is 2.32. The molecule has 1 aromatic rings. The quantitative estimate of drug-likeness (QED) is 0.863. The molecule has 1 N–H and O–H groups in total. The Balaban J connectivity index is 1.88. The molecule has 1 heterocycles. The molecule has 0 aliphatic carbocycles. The van der Waals surface area contributed by atoms with Crippen LogP contribution in [0.5, 0.6) is 0 Å². The van der Waals surface area contributed by atoms with E-state index in [4.69, 9.17) is 4.74 Å². The summed E-state index contributed by atoms with van der Waals surface area (Å²) in [6.45, 7) is 9.70. The van der Waals surface area contributed by atoms with Crippen LogP contribution < -0.4 is 5.32 Å². The van der Waals surface area contributed by atoms with Crippen LogP contribution in [0.25, 0.3) is 0 Å². The summed E-state index contributed by atoms with van der Waals surface area (Å²) in [7, 11) is 0. The van der Waals surface area contributed by atoms with E-state index in [1.165, 1.54) is 11.1 Å². The molecule has 1 aromatic carbocycles. The number of hydrogen-bond acceptors (Lipinski definition) is 2. The van der Waals surface area contributed by atoms with E-state index in [0.29, 0.717) is 5.92 Å². The van der Waals surface area contributed by atoms with Crippen molar-refractivity contribution in [1.82, 2.24) is 5.32 Å². The minimum atomic E-state index is 0.231. The van der Waals surface area contributed by atoms with E-state index >= 15 is 0 Å². The first kappa shape index (κ1) is 13.6. The van der Waals surface area contributed by atoms with Crippen molar-refractivity contribution >= 4 is 0 Å². The first-order valence-corrected chi connectivity index (χ1v) is 7.08. The third-order valence-corrected chi connectivity index (χ3v) is 4.03. The fraction of sp³-hybridized carbons (Fsp3) is 0.625. The SMILES string of the molecule is CC(C)C(C)CNCC1OCCc2ccccc21. The number of rotatable bonds is 5. The molecule has 1 aliphatic rings. The van der Waals surface area contributed by atoms with Gasteiger partial charge in [0.15, 0.2) is 0 Å². The highest BCUT2D eigenvalue weighted by atomic mass is 16.5. The van der Waals surface area contributed by atoms with Gasteiger partial charge >= 0.3 is 0 Å². The topological polar surface area (TPSA) is 21.3 Å². The van der Waals surface area contributed by atoms with E-state index in [1.54, 1.807) is 0 Å². The third kappa shape index (κ3) is 3.33. The smallest absolute Gasteiger partial charge is 0.0952 e. The molecule has 2 heteroatoms. The predicted octanol–water partition coefficient (Wildman–Crippen LogP) is 3.18. The first-order valence-electron chi connectivity index (χ1n) is 7.08.